The third-order valence-corrected chi connectivity index (χ3v) is 2.89. The van der Waals surface area contributed by atoms with Gasteiger partial charge in [0.15, 0.2) is 0 Å². The van der Waals surface area contributed by atoms with Crippen LogP contribution in [0.3, 0.4) is 0 Å². The van der Waals surface area contributed by atoms with Gasteiger partial charge in [0.2, 0.25) is 0 Å². The molecule has 4 heteroatoms. The SMILES string of the molecule is O=C(NCCc1ccoc1)c1cccs1. The van der Waals surface area contributed by atoms with Gasteiger partial charge in [-0.2, -0.15) is 0 Å². The number of amides is 1. The molecule has 78 valence electrons. The molecule has 0 aliphatic carbocycles. The van der Waals surface area contributed by atoms with Gasteiger partial charge >= 0.3 is 0 Å². The largest absolute Gasteiger partial charge is 0.472 e. The lowest BCUT2D eigenvalue weighted by Gasteiger charge is -2.01. The fourth-order valence-electron chi connectivity index (χ4n) is 1.25. The van der Waals surface area contributed by atoms with Crippen LogP contribution in [0.15, 0.2) is 40.5 Å². The first-order valence-corrected chi connectivity index (χ1v) is 5.57. The summed E-state index contributed by atoms with van der Waals surface area (Å²) in [7, 11) is 0. The third kappa shape index (κ3) is 2.70. The van der Waals surface area contributed by atoms with Crippen molar-refractivity contribution in [3.63, 3.8) is 0 Å². The van der Waals surface area contributed by atoms with E-state index in [9.17, 15) is 4.79 Å². The van der Waals surface area contributed by atoms with Gasteiger partial charge in [-0.3, -0.25) is 4.79 Å². The first kappa shape index (κ1) is 9.98. The van der Waals surface area contributed by atoms with Crippen LogP contribution in [-0.4, -0.2) is 12.5 Å². The van der Waals surface area contributed by atoms with Crippen LogP contribution >= 0.6 is 11.3 Å². The predicted molar refractivity (Wildman–Crippen MR) is 59.1 cm³/mol. The van der Waals surface area contributed by atoms with Crippen LogP contribution in [0.5, 0.6) is 0 Å². The average molecular weight is 221 g/mol. The minimum absolute atomic E-state index is 0.00602. The molecule has 15 heavy (non-hydrogen) atoms. The van der Waals surface area contributed by atoms with Gasteiger partial charge in [-0.15, -0.1) is 11.3 Å². The second-order valence-electron chi connectivity index (χ2n) is 3.11. The maximum absolute atomic E-state index is 11.5. The standard InChI is InChI=1S/C11H11NO2S/c13-11(10-2-1-7-15-10)12-5-3-9-4-6-14-8-9/h1-2,4,6-8H,3,5H2,(H,12,13). The van der Waals surface area contributed by atoms with Crippen LogP contribution < -0.4 is 5.32 Å². The van der Waals surface area contributed by atoms with E-state index in [1.807, 2.05) is 23.6 Å². The zero-order valence-corrected chi connectivity index (χ0v) is 8.92. The molecule has 0 bridgehead atoms. The third-order valence-electron chi connectivity index (χ3n) is 2.02. The molecule has 3 nitrogen and oxygen atoms in total. The molecule has 1 N–H and O–H groups in total. The maximum atomic E-state index is 11.5. The molecule has 0 aliphatic rings. The number of rotatable bonds is 4. The van der Waals surface area contributed by atoms with Crippen molar-refractivity contribution in [3.8, 4) is 0 Å². The van der Waals surface area contributed by atoms with Gasteiger partial charge in [-0.25, -0.2) is 0 Å². The van der Waals surface area contributed by atoms with E-state index in [-0.39, 0.29) is 5.91 Å². The molecule has 0 aromatic carbocycles. The first-order valence-electron chi connectivity index (χ1n) is 4.69. The summed E-state index contributed by atoms with van der Waals surface area (Å²) in [5.74, 6) is -0.00602. The normalized spacial score (nSPS) is 10.1. The summed E-state index contributed by atoms with van der Waals surface area (Å²) >= 11 is 1.45. The molecule has 0 saturated carbocycles. The highest BCUT2D eigenvalue weighted by molar-refractivity contribution is 7.12. The van der Waals surface area contributed by atoms with Crippen LogP contribution in [0.1, 0.15) is 15.2 Å². The molecule has 0 fully saturated rings. The Bertz CT molecular complexity index is 406. The number of furan rings is 1. The Morgan fingerprint density at radius 3 is 3.07 bits per heavy atom. The van der Waals surface area contributed by atoms with E-state index in [4.69, 9.17) is 4.42 Å². The van der Waals surface area contributed by atoms with Crippen molar-refractivity contribution in [1.82, 2.24) is 5.32 Å². The maximum Gasteiger partial charge on any atom is 0.261 e. The van der Waals surface area contributed by atoms with Gasteiger partial charge in [0, 0.05) is 6.54 Å². The van der Waals surface area contributed by atoms with Crippen molar-refractivity contribution in [2.75, 3.05) is 6.54 Å². The van der Waals surface area contributed by atoms with Gasteiger partial charge < -0.3 is 9.73 Å². The van der Waals surface area contributed by atoms with Gasteiger partial charge in [0.1, 0.15) is 0 Å². The van der Waals surface area contributed by atoms with Crippen LogP contribution in [0, 0.1) is 0 Å². The molecule has 2 rings (SSSR count). The van der Waals surface area contributed by atoms with E-state index in [0.717, 1.165) is 16.9 Å². The second-order valence-corrected chi connectivity index (χ2v) is 4.06. The van der Waals surface area contributed by atoms with Crippen LogP contribution in [0.2, 0.25) is 0 Å². The number of hydrogen-bond donors (Lipinski definition) is 1. The van der Waals surface area contributed by atoms with Crippen molar-refractivity contribution < 1.29 is 9.21 Å². The van der Waals surface area contributed by atoms with E-state index >= 15 is 0 Å². The van der Waals surface area contributed by atoms with Crippen LogP contribution in [0.25, 0.3) is 0 Å². The predicted octanol–water partition coefficient (Wildman–Crippen LogP) is 2.31. The molecule has 0 aliphatic heterocycles. The molecule has 1 amide bonds. The van der Waals surface area contributed by atoms with E-state index in [1.165, 1.54) is 11.3 Å². The van der Waals surface area contributed by atoms with Crippen molar-refractivity contribution in [1.29, 1.82) is 0 Å². The van der Waals surface area contributed by atoms with Crippen molar-refractivity contribution in [2.24, 2.45) is 0 Å². The Morgan fingerprint density at radius 2 is 2.40 bits per heavy atom. The highest BCUT2D eigenvalue weighted by Crippen LogP contribution is 2.07. The smallest absolute Gasteiger partial charge is 0.261 e. The summed E-state index contributed by atoms with van der Waals surface area (Å²) in [5, 5.41) is 4.75. The zero-order chi connectivity index (χ0) is 10.5. The van der Waals surface area contributed by atoms with E-state index in [1.54, 1.807) is 12.5 Å². The van der Waals surface area contributed by atoms with Crippen LogP contribution in [0.4, 0.5) is 0 Å². The van der Waals surface area contributed by atoms with Gasteiger partial charge in [-0.1, -0.05) is 6.07 Å². The lowest BCUT2D eigenvalue weighted by molar-refractivity contribution is 0.0958. The highest BCUT2D eigenvalue weighted by atomic mass is 32.1. The quantitative estimate of drug-likeness (QED) is 0.860. The Balaban J connectivity index is 1.77. The molecule has 0 radical (unpaired) electrons. The molecule has 0 atom stereocenters. The van der Waals surface area contributed by atoms with E-state index in [2.05, 4.69) is 5.32 Å². The lowest BCUT2D eigenvalue weighted by Crippen LogP contribution is -2.24. The monoisotopic (exact) mass is 221 g/mol. The van der Waals surface area contributed by atoms with Crippen LogP contribution in [-0.2, 0) is 6.42 Å². The summed E-state index contributed by atoms with van der Waals surface area (Å²) < 4.78 is 4.93. The van der Waals surface area contributed by atoms with Gasteiger partial charge in [-0.05, 0) is 29.5 Å². The Kier molecular flexibility index (Phi) is 3.19. The lowest BCUT2D eigenvalue weighted by atomic mass is 10.2. The van der Waals surface area contributed by atoms with E-state index < -0.39 is 0 Å². The Hall–Kier alpha value is -1.55. The van der Waals surface area contributed by atoms with Crippen molar-refractivity contribution in [3.05, 3.63) is 46.5 Å². The number of carbonyl (C=O) groups is 1. The minimum Gasteiger partial charge on any atom is -0.472 e. The fraction of sp³-hybridized carbons (Fsp3) is 0.182. The molecule has 2 heterocycles. The summed E-state index contributed by atoms with van der Waals surface area (Å²) in [6, 6.07) is 5.59. The van der Waals surface area contributed by atoms with Gasteiger partial charge in [0.05, 0.1) is 17.4 Å². The molecule has 2 aromatic heterocycles. The molecule has 2 aromatic rings. The summed E-state index contributed by atoms with van der Waals surface area (Å²) in [6.45, 7) is 0.635. The Morgan fingerprint density at radius 1 is 1.47 bits per heavy atom. The zero-order valence-electron chi connectivity index (χ0n) is 8.10. The summed E-state index contributed by atoms with van der Waals surface area (Å²) in [6.07, 6.45) is 4.13. The van der Waals surface area contributed by atoms with Gasteiger partial charge in [0.25, 0.3) is 5.91 Å². The molecule has 0 unspecified atom stereocenters. The Labute approximate surface area is 91.7 Å². The number of thiophene rings is 1. The number of nitrogens with one attached hydrogen (secondary N) is 1. The second kappa shape index (κ2) is 4.79. The molecular weight excluding hydrogens is 210 g/mol. The highest BCUT2D eigenvalue weighted by Gasteiger charge is 2.04. The molecule has 0 spiro atoms. The molecular formula is C11H11NO2S. The summed E-state index contributed by atoms with van der Waals surface area (Å²) in [4.78, 5) is 12.3. The number of hydrogen-bond acceptors (Lipinski definition) is 3. The molecule has 0 saturated heterocycles. The minimum atomic E-state index is -0.00602. The topological polar surface area (TPSA) is 42.2 Å². The summed E-state index contributed by atoms with van der Waals surface area (Å²) in [5.41, 5.74) is 1.10. The van der Waals surface area contributed by atoms with E-state index in [0.29, 0.717) is 6.54 Å². The fourth-order valence-corrected chi connectivity index (χ4v) is 1.89. The van der Waals surface area contributed by atoms with Crippen molar-refractivity contribution >= 4 is 17.2 Å². The average Bonchev–Trinajstić information content (AvgIpc) is 2.90. The number of carbonyl (C=O) groups excluding carboxylic acids is 1. The van der Waals surface area contributed by atoms with Crippen molar-refractivity contribution in [2.45, 2.75) is 6.42 Å². The first-order chi connectivity index (χ1) is 7.36.